The molecule has 1 aromatic heterocycles. The van der Waals surface area contributed by atoms with E-state index in [2.05, 4.69) is 5.32 Å². The monoisotopic (exact) mass is 241 g/mol. The van der Waals surface area contributed by atoms with Gasteiger partial charge in [0.1, 0.15) is 6.04 Å². The van der Waals surface area contributed by atoms with Crippen LogP contribution in [-0.4, -0.2) is 23.0 Å². The van der Waals surface area contributed by atoms with E-state index < -0.39 is 12.0 Å². The number of hydrogen-bond donors (Lipinski definition) is 2. The lowest BCUT2D eigenvalue weighted by atomic mass is 10.0. The molecule has 5 heteroatoms. The van der Waals surface area contributed by atoms with Crippen LogP contribution in [0.1, 0.15) is 29.9 Å². The SMILES string of the molecule is CC(C)C[C@H](NC(=O)c1cccs1)C(=O)O. The molecule has 0 fully saturated rings. The number of carbonyl (C=O) groups excluding carboxylic acids is 1. The maximum absolute atomic E-state index is 11.6. The van der Waals surface area contributed by atoms with E-state index in [4.69, 9.17) is 5.11 Å². The van der Waals surface area contributed by atoms with Gasteiger partial charge in [-0.2, -0.15) is 0 Å². The molecule has 0 aliphatic heterocycles. The Hall–Kier alpha value is -1.36. The van der Waals surface area contributed by atoms with Crippen LogP contribution in [0, 0.1) is 5.92 Å². The second-order valence-electron chi connectivity index (χ2n) is 3.97. The van der Waals surface area contributed by atoms with Crippen LogP contribution in [-0.2, 0) is 4.79 Å². The highest BCUT2D eigenvalue weighted by atomic mass is 32.1. The van der Waals surface area contributed by atoms with Crippen LogP contribution in [0.4, 0.5) is 0 Å². The number of thiophene rings is 1. The molecule has 0 bridgehead atoms. The Balaban J connectivity index is 2.62. The third-order valence-electron chi connectivity index (χ3n) is 2.06. The predicted octanol–water partition coefficient (Wildman–Crippen LogP) is 1.98. The van der Waals surface area contributed by atoms with Crippen molar-refractivity contribution < 1.29 is 14.7 Å². The molecule has 1 amide bonds. The van der Waals surface area contributed by atoms with Crippen LogP contribution in [0.3, 0.4) is 0 Å². The lowest BCUT2D eigenvalue weighted by molar-refractivity contribution is -0.139. The van der Waals surface area contributed by atoms with Gasteiger partial charge in [0, 0.05) is 0 Å². The van der Waals surface area contributed by atoms with Crippen LogP contribution in [0.15, 0.2) is 17.5 Å². The quantitative estimate of drug-likeness (QED) is 0.828. The summed E-state index contributed by atoms with van der Waals surface area (Å²) in [7, 11) is 0. The number of carbonyl (C=O) groups is 2. The molecule has 0 saturated carbocycles. The Morgan fingerprint density at radius 1 is 1.50 bits per heavy atom. The zero-order chi connectivity index (χ0) is 12.1. The van der Waals surface area contributed by atoms with Crippen molar-refractivity contribution in [2.45, 2.75) is 26.3 Å². The zero-order valence-electron chi connectivity index (χ0n) is 9.27. The fourth-order valence-corrected chi connectivity index (χ4v) is 1.96. The fourth-order valence-electron chi connectivity index (χ4n) is 1.33. The number of amides is 1. The molecule has 88 valence electrons. The molecule has 0 aliphatic rings. The predicted molar refractivity (Wildman–Crippen MR) is 62.7 cm³/mol. The van der Waals surface area contributed by atoms with Crippen molar-refractivity contribution in [3.05, 3.63) is 22.4 Å². The normalized spacial score (nSPS) is 12.4. The molecule has 0 saturated heterocycles. The van der Waals surface area contributed by atoms with E-state index >= 15 is 0 Å². The summed E-state index contributed by atoms with van der Waals surface area (Å²) >= 11 is 1.30. The Bertz CT molecular complexity index is 359. The summed E-state index contributed by atoms with van der Waals surface area (Å²) in [5.41, 5.74) is 0. The molecular weight excluding hydrogens is 226 g/mol. The topological polar surface area (TPSA) is 66.4 Å². The highest BCUT2D eigenvalue weighted by molar-refractivity contribution is 7.12. The summed E-state index contributed by atoms with van der Waals surface area (Å²) in [6, 6.07) is 2.63. The molecule has 0 aromatic carbocycles. The molecule has 0 radical (unpaired) electrons. The van der Waals surface area contributed by atoms with Crippen LogP contribution in [0.25, 0.3) is 0 Å². The minimum absolute atomic E-state index is 0.227. The van der Waals surface area contributed by atoms with E-state index in [9.17, 15) is 9.59 Å². The van der Waals surface area contributed by atoms with Crippen molar-refractivity contribution in [3.63, 3.8) is 0 Å². The molecule has 16 heavy (non-hydrogen) atoms. The summed E-state index contributed by atoms with van der Waals surface area (Å²) in [6.45, 7) is 3.85. The van der Waals surface area contributed by atoms with Crippen molar-refractivity contribution in [2.75, 3.05) is 0 Å². The lowest BCUT2D eigenvalue weighted by Gasteiger charge is -2.15. The summed E-state index contributed by atoms with van der Waals surface area (Å²) in [5.74, 6) is -1.08. The molecule has 4 nitrogen and oxygen atoms in total. The second-order valence-corrected chi connectivity index (χ2v) is 4.92. The minimum Gasteiger partial charge on any atom is -0.480 e. The van der Waals surface area contributed by atoms with Gasteiger partial charge < -0.3 is 10.4 Å². The van der Waals surface area contributed by atoms with Gasteiger partial charge in [0.15, 0.2) is 0 Å². The van der Waals surface area contributed by atoms with Crippen molar-refractivity contribution in [3.8, 4) is 0 Å². The molecule has 1 heterocycles. The number of carboxylic acids is 1. The minimum atomic E-state index is -0.987. The van der Waals surface area contributed by atoms with Crippen molar-refractivity contribution in [2.24, 2.45) is 5.92 Å². The van der Waals surface area contributed by atoms with Gasteiger partial charge in [-0.3, -0.25) is 4.79 Å². The van der Waals surface area contributed by atoms with Gasteiger partial charge in [0.2, 0.25) is 0 Å². The summed E-state index contributed by atoms with van der Waals surface area (Å²) in [4.78, 5) is 23.1. The van der Waals surface area contributed by atoms with Crippen LogP contribution >= 0.6 is 11.3 Å². The zero-order valence-corrected chi connectivity index (χ0v) is 10.1. The number of nitrogens with one attached hydrogen (secondary N) is 1. The molecule has 0 spiro atoms. The largest absolute Gasteiger partial charge is 0.480 e. The highest BCUT2D eigenvalue weighted by Crippen LogP contribution is 2.10. The number of carboxylic acid groups (broad SMARTS) is 1. The average molecular weight is 241 g/mol. The van der Waals surface area contributed by atoms with Gasteiger partial charge in [-0.15, -0.1) is 11.3 Å². The Labute approximate surface area is 98.3 Å². The Morgan fingerprint density at radius 3 is 2.62 bits per heavy atom. The molecule has 2 N–H and O–H groups in total. The van der Waals surface area contributed by atoms with Gasteiger partial charge in [0.25, 0.3) is 5.91 Å². The van der Waals surface area contributed by atoms with Gasteiger partial charge in [-0.25, -0.2) is 4.79 Å². The standard InChI is InChI=1S/C11H15NO3S/c1-7(2)6-8(11(14)15)12-10(13)9-4-3-5-16-9/h3-5,7-8H,6H2,1-2H3,(H,12,13)(H,14,15)/t8-/m0/s1. The number of aliphatic carboxylic acids is 1. The Morgan fingerprint density at radius 2 is 2.19 bits per heavy atom. The van der Waals surface area contributed by atoms with Crippen LogP contribution < -0.4 is 5.32 Å². The average Bonchev–Trinajstić information content (AvgIpc) is 2.68. The van der Waals surface area contributed by atoms with E-state index in [1.54, 1.807) is 17.5 Å². The van der Waals surface area contributed by atoms with Crippen LogP contribution in [0.5, 0.6) is 0 Å². The molecule has 1 atom stereocenters. The van der Waals surface area contributed by atoms with Crippen molar-refractivity contribution >= 4 is 23.2 Å². The summed E-state index contributed by atoms with van der Waals surface area (Å²) in [6.07, 6.45) is 0.437. The first kappa shape index (κ1) is 12.7. The van der Waals surface area contributed by atoms with Gasteiger partial charge >= 0.3 is 5.97 Å². The first-order chi connectivity index (χ1) is 7.50. The Kier molecular flexibility index (Phi) is 4.49. The fraction of sp³-hybridized carbons (Fsp3) is 0.455. The van der Waals surface area contributed by atoms with E-state index in [-0.39, 0.29) is 11.8 Å². The lowest BCUT2D eigenvalue weighted by Crippen LogP contribution is -2.41. The van der Waals surface area contributed by atoms with Crippen molar-refractivity contribution in [1.29, 1.82) is 0 Å². The third kappa shape index (κ3) is 3.66. The molecule has 1 aromatic rings. The highest BCUT2D eigenvalue weighted by Gasteiger charge is 2.21. The van der Waals surface area contributed by atoms with E-state index in [1.165, 1.54) is 11.3 Å². The van der Waals surface area contributed by atoms with Gasteiger partial charge in [-0.05, 0) is 23.8 Å². The molecule has 0 unspecified atom stereocenters. The molecule has 0 aliphatic carbocycles. The maximum Gasteiger partial charge on any atom is 0.326 e. The van der Waals surface area contributed by atoms with E-state index in [1.807, 2.05) is 13.8 Å². The van der Waals surface area contributed by atoms with Crippen LogP contribution in [0.2, 0.25) is 0 Å². The molecule has 1 rings (SSSR count). The second kappa shape index (κ2) is 5.65. The summed E-state index contributed by atoms with van der Waals surface area (Å²) < 4.78 is 0. The first-order valence-corrected chi connectivity index (χ1v) is 5.96. The first-order valence-electron chi connectivity index (χ1n) is 5.08. The maximum atomic E-state index is 11.6. The third-order valence-corrected chi connectivity index (χ3v) is 2.92. The number of hydrogen-bond acceptors (Lipinski definition) is 3. The smallest absolute Gasteiger partial charge is 0.326 e. The van der Waals surface area contributed by atoms with E-state index in [0.717, 1.165) is 0 Å². The summed E-state index contributed by atoms with van der Waals surface area (Å²) in [5, 5.41) is 13.3. The van der Waals surface area contributed by atoms with E-state index in [0.29, 0.717) is 11.3 Å². The number of rotatable bonds is 5. The molecular formula is C11H15NO3S. The van der Waals surface area contributed by atoms with Gasteiger partial charge in [-0.1, -0.05) is 19.9 Å². The van der Waals surface area contributed by atoms with Gasteiger partial charge in [0.05, 0.1) is 4.88 Å². The van der Waals surface area contributed by atoms with Crippen molar-refractivity contribution in [1.82, 2.24) is 5.32 Å².